The highest BCUT2D eigenvalue weighted by Crippen LogP contribution is 2.54. The first kappa shape index (κ1) is 36.9. The van der Waals surface area contributed by atoms with Crippen LogP contribution in [0.1, 0.15) is 92.5 Å². The van der Waals surface area contributed by atoms with Gasteiger partial charge in [0.1, 0.15) is 0 Å². The molecule has 4 atom stereocenters. The highest BCUT2D eigenvalue weighted by molar-refractivity contribution is 5.85. The maximum absolute atomic E-state index is 2.50. The van der Waals surface area contributed by atoms with Crippen LogP contribution >= 0.6 is 0 Å². The zero-order valence-corrected chi connectivity index (χ0v) is 35.0. The topological polar surface area (TPSA) is 6.48 Å². The van der Waals surface area contributed by atoms with E-state index in [0.29, 0.717) is 0 Å². The Morgan fingerprint density at radius 1 is 0.467 bits per heavy atom. The van der Waals surface area contributed by atoms with Gasteiger partial charge in [-0.3, -0.25) is 0 Å². The largest absolute Gasteiger partial charge is 0.311 e. The second-order valence-corrected chi connectivity index (χ2v) is 18.5. The molecule has 2 saturated carbocycles. The number of fused-ring (bicyclic) bond motifs is 5. The molecule has 2 heteroatoms. The Hall–Kier alpha value is -6.12. The lowest BCUT2D eigenvalue weighted by atomic mass is 9.67. The molecule has 4 unspecified atom stereocenters. The van der Waals surface area contributed by atoms with Gasteiger partial charge in [0.15, 0.2) is 0 Å². The zero-order valence-electron chi connectivity index (χ0n) is 35.0. The van der Waals surface area contributed by atoms with Crippen molar-refractivity contribution in [1.82, 2.24) is 0 Å². The van der Waals surface area contributed by atoms with Crippen LogP contribution < -0.4 is 9.80 Å². The lowest BCUT2D eigenvalue weighted by molar-refractivity contribution is 0.420. The van der Waals surface area contributed by atoms with Crippen molar-refractivity contribution < 1.29 is 0 Å². The van der Waals surface area contributed by atoms with E-state index in [1.165, 1.54) is 81.7 Å². The van der Waals surface area contributed by atoms with Crippen molar-refractivity contribution in [3.8, 4) is 11.1 Å². The number of benzene rings is 7. The number of anilines is 6. The molecule has 7 aromatic rings. The lowest BCUT2D eigenvalue weighted by Gasteiger charge is -2.37. The maximum Gasteiger partial charge on any atom is 0.0465 e. The molecule has 60 heavy (non-hydrogen) atoms. The van der Waals surface area contributed by atoms with Crippen molar-refractivity contribution in [2.24, 2.45) is 11.8 Å². The van der Waals surface area contributed by atoms with Gasteiger partial charge in [-0.15, -0.1) is 0 Å². The summed E-state index contributed by atoms with van der Waals surface area (Å²) >= 11 is 0. The Labute approximate surface area is 356 Å². The molecule has 7 aromatic carbocycles. The monoisotopic (exact) mass is 778 g/mol. The molecule has 2 nitrogen and oxygen atoms in total. The highest BCUT2D eigenvalue weighted by atomic mass is 15.1. The van der Waals surface area contributed by atoms with Gasteiger partial charge in [0.2, 0.25) is 0 Å². The van der Waals surface area contributed by atoms with Crippen LogP contribution in [0.15, 0.2) is 188 Å². The van der Waals surface area contributed by atoms with Gasteiger partial charge < -0.3 is 9.80 Å². The van der Waals surface area contributed by atoms with Gasteiger partial charge in [0.05, 0.1) is 0 Å². The molecule has 2 bridgehead atoms. The lowest BCUT2D eigenvalue weighted by Crippen LogP contribution is -2.29. The first-order chi connectivity index (χ1) is 29.5. The molecule has 4 aliphatic carbocycles. The summed E-state index contributed by atoms with van der Waals surface area (Å²) in [6.45, 7) is 4.77. The normalized spacial score (nSPS) is 22.0. The van der Waals surface area contributed by atoms with Crippen LogP contribution in [0.2, 0.25) is 0 Å². The second-order valence-electron chi connectivity index (χ2n) is 18.5. The van der Waals surface area contributed by atoms with Gasteiger partial charge >= 0.3 is 0 Å². The van der Waals surface area contributed by atoms with Gasteiger partial charge in [-0.05, 0) is 168 Å². The van der Waals surface area contributed by atoms with Crippen LogP contribution in [0.3, 0.4) is 0 Å². The van der Waals surface area contributed by atoms with Crippen LogP contribution in [0.5, 0.6) is 0 Å². The number of hydrogen-bond donors (Lipinski definition) is 0. The zero-order chi connectivity index (χ0) is 40.3. The predicted octanol–water partition coefficient (Wildman–Crippen LogP) is 15.9. The first-order valence-corrected chi connectivity index (χ1v) is 22.4. The van der Waals surface area contributed by atoms with Crippen LogP contribution in [-0.2, 0) is 10.8 Å². The Balaban J connectivity index is 0.964. The smallest absolute Gasteiger partial charge is 0.0465 e. The molecule has 0 aliphatic heterocycles. The summed E-state index contributed by atoms with van der Waals surface area (Å²) in [7, 11) is 0. The summed E-state index contributed by atoms with van der Waals surface area (Å²) in [6, 6.07) is 66.2. The fourth-order valence-corrected chi connectivity index (χ4v) is 11.8. The third-order valence-electron chi connectivity index (χ3n) is 14.9. The van der Waals surface area contributed by atoms with E-state index in [-0.39, 0.29) is 10.8 Å². The van der Waals surface area contributed by atoms with Gasteiger partial charge in [-0.25, -0.2) is 0 Å². The Morgan fingerprint density at radius 3 is 1.57 bits per heavy atom. The third kappa shape index (κ3) is 6.23. The number of nitrogens with zero attached hydrogens (tertiary/aromatic N) is 2. The van der Waals surface area contributed by atoms with E-state index in [4.69, 9.17) is 0 Å². The summed E-state index contributed by atoms with van der Waals surface area (Å²) in [5, 5.41) is 0. The molecule has 4 aliphatic rings. The highest BCUT2D eigenvalue weighted by Gasteiger charge is 2.40. The number of hydrogen-bond acceptors (Lipinski definition) is 2. The molecular weight excluding hydrogens is 725 g/mol. The van der Waals surface area contributed by atoms with E-state index in [2.05, 4.69) is 212 Å². The molecular formula is C58H54N2. The molecule has 0 N–H and O–H groups in total. The Kier molecular flexibility index (Phi) is 9.14. The molecule has 0 radical (unpaired) electrons. The Morgan fingerprint density at radius 2 is 1.00 bits per heavy atom. The number of rotatable bonds is 9. The van der Waals surface area contributed by atoms with Crippen molar-refractivity contribution in [3.05, 3.63) is 216 Å². The van der Waals surface area contributed by atoms with Crippen molar-refractivity contribution in [2.45, 2.75) is 75.5 Å². The van der Waals surface area contributed by atoms with Crippen LogP contribution in [0, 0.1) is 11.8 Å². The van der Waals surface area contributed by atoms with Crippen LogP contribution in [0.4, 0.5) is 34.1 Å². The third-order valence-corrected chi connectivity index (χ3v) is 14.9. The van der Waals surface area contributed by atoms with E-state index in [1.807, 2.05) is 0 Å². The molecule has 296 valence electrons. The summed E-state index contributed by atoms with van der Waals surface area (Å²) < 4.78 is 0. The molecule has 0 spiro atoms. The minimum Gasteiger partial charge on any atom is -0.311 e. The van der Waals surface area contributed by atoms with E-state index in [9.17, 15) is 0 Å². The van der Waals surface area contributed by atoms with Crippen LogP contribution in [0.25, 0.3) is 11.1 Å². The van der Waals surface area contributed by atoms with E-state index in [0.717, 1.165) is 54.1 Å². The van der Waals surface area contributed by atoms with Crippen molar-refractivity contribution in [3.63, 3.8) is 0 Å². The molecule has 0 aromatic heterocycles. The average molecular weight is 779 g/mol. The summed E-state index contributed by atoms with van der Waals surface area (Å²) in [5.74, 6) is 2.53. The summed E-state index contributed by atoms with van der Waals surface area (Å²) in [5.41, 5.74) is 16.7. The van der Waals surface area contributed by atoms with Crippen LogP contribution in [-0.4, -0.2) is 0 Å². The molecule has 2 fully saturated rings. The van der Waals surface area contributed by atoms with Gasteiger partial charge in [-0.2, -0.15) is 0 Å². The molecule has 11 rings (SSSR count). The second kappa shape index (κ2) is 14.9. The van der Waals surface area contributed by atoms with E-state index >= 15 is 0 Å². The standard InChI is InChI=1S/C58H54N2/c1-57(2)55-19-11-10-18-52(55)53-35-34-51(40-56(53)57)60(48-28-22-42(23-29-48)54-39-41-20-21-43(54)38-41)50-32-26-45(27-33-50)58(36-12-5-13-37-58)44-24-30-49(31-25-44)59(46-14-6-3-7-15-46)47-16-8-4-9-17-47/h3-12,14-19,22-35,40-41,43,54H,13,20-21,36-39H2,1-2H3. The minimum atomic E-state index is -0.105. The van der Waals surface area contributed by atoms with Crippen molar-refractivity contribution >= 4 is 34.1 Å². The predicted molar refractivity (Wildman–Crippen MR) is 252 cm³/mol. The van der Waals surface area contributed by atoms with Crippen molar-refractivity contribution in [1.29, 1.82) is 0 Å². The first-order valence-electron chi connectivity index (χ1n) is 22.4. The summed E-state index contributed by atoms with van der Waals surface area (Å²) in [6.07, 6.45) is 13.5. The number of para-hydroxylation sites is 2. The van der Waals surface area contributed by atoms with Gasteiger partial charge in [-0.1, -0.05) is 136 Å². The average Bonchev–Trinajstić information content (AvgIpc) is 4.01. The Bertz CT molecular complexity index is 2620. The van der Waals surface area contributed by atoms with E-state index < -0.39 is 0 Å². The van der Waals surface area contributed by atoms with Crippen molar-refractivity contribution in [2.75, 3.05) is 9.80 Å². The molecule has 0 amide bonds. The summed E-state index contributed by atoms with van der Waals surface area (Å²) in [4.78, 5) is 4.85. The van der Waals surface area contributed by atoms with E-state index in [1.54, 1.807) is 0 Å². The number of allylic oxidation sites excluding steroid dienone is 2. The van der Waals surface area contributed by atoms with Gasteiger partial charge in [0.25, 0.3) is 0 Å². The SMILES string of the molecule is CC1(C)c2ccccc2-c2ccc(N(c3ccc(C4CC5CCC4C5)cc3)c3ccc(C4(c5ccc(N(c6ccccc6)c6ccccc6)cc5)CC=CCC4)cc3)cc21. The quantitative estimate of drug-likeness (QED) is 0.135. The maximum atomic E-state index is 2.50. The fourth-order valence-electron chi connectivity index (χ4n) is 11.8. The molecule has 0 saturated heterocycles. The minimum absolute atomic E-state index is 0.0707. The fraction of sp³-hybridized carbons (Fsp3) is 0.241. The van der Waals surface area contributed by atoms with Gasteiger partial charge in [0, 0.05) is 45.0 Å². The molecule has 0 heterocycles.